The Balaban J connectivity index is 1.47. The first kappa shape index (κ1) is 20.9. The number of piperidine rings is 1. The van der Waals surface area contributed by atoms with Gasteiger partial charge in [-0.2, -0.15) is 0 Å². The van der Waals surface area contributed by atoms with Crippen LogP contribution in [0.1, 0.15) is 42.5 Å². The second-order valence-corrected chi connectivity index (χ2v) is 8.77. The van der Waals surface area contributed by atoms with Crippen LogP contribution in [0.3, 0.4) is 0 Å². The van der Waals surface area contributed by atoms with Crippen molar-refractivity contribution in [2.75, 3.05) is 26.7 Å². The molecule has 5 nitrogen and oxygen atoms in total. The summed E-state index contributed by atoms with van der Waals surface area (Å²) in [6.07, 6.45) is 7.39. The van der Waals surface area contributed by atoms with Gasteiger partial charge in [0.1, 0.15) is 5.75 Å². The molecule has 0 aliphatic carbocycles. The fourth-order valence-corrected chi connectivity index (χ4v) is 4.93. The van der Waals surface area contributed by atoms with Crippen LogP contribution in [-0.2, 0) is 17.8 Å². The third kappa shape index (κ3) is 4.84. The normalized spacial score (nSPS) is 23.5. The monoisotopic (exact) mass is 407 g/mol. The Labute approximate surface area is 180 Å². The van der Waals surface area contributed by atoms with Crippen molar-refractivity contribution >= 4 is 5.91 Å². The van der Waals surface area contributed by atoms with E-state index in [1.54, 1.807) is 0 Å². The zero-order valence-corrected chi connectivity index (χ0v) is 18.2. The number of likely N-dealkylation sites (N-methyl/N-ethyl adjacent to an activating group) is 1. The number of ether oxygens (including phenoxy) is 1. The van der Waals surface area contributed by atoms with Crippen LogP contribution in [0.2, 0.25) is 0 Å². The lowest BCUT2D eigenvalue weighted by Gasteiger charge is -2.43. The molecule has 1 aromatic carbocycles. The molecule has 2 aromatic rings. The van der Waals surface area contributed by atoms with E-state index in [4.69, 9.17) is 4.74 Å². The van der Waals surface area contributed by atoms with Gasteiger partial charge in [-0.1, -0.05) is 30.7 Å². The number of hydrogen-bond donors (Lipinski definition) is 0. The van der Waals surface area contributed by atoms with E-state index in [-0.39, 0.29) is 18.6 Å². The van der Waals surface area contributed by atoms with E-state index in [0.29, 0.717) is 5.92 Å². The molecule has 2 atom stereocenters. The minimum absolute atomic E-state index is 0.0781. The summed E-state index contributed by atoms with van der Waals surface area (Å²) < 4.78 is 5.93. The molecule has 2 aliphatic heterocycles. The first-order chi connectivity index (χ1) is 14.6. The molecule has 0 spiro atoms. The molecule has 1 amide bonds. The van der Waals surface area contributed by atoms with E-state index in [2.05, 4.69) is 35.0 Å². The van der Waals surface area contributed by atoms with Crippen molar-refractivity contribution in [3.05, 3.63) is 59.4 Å². The van der Waals surface area contributed by atoms with E-state index in [0.717, 1.165) is 51.1 Å². The lowest BCUT2D eigenvalue weighted by molar-refractivity contribution is -0.136. The zero-order chi connectivity index (χ0) is 20.9. The topological polar surface area (TPSA) is 45.7 Å². The minimum Gasteiger partial charge on any atom is -0.483 e. The van der Waals surface area contributed by atoms with Crippen LogP contribution in [0.5, 0.6) is 5.75 Å². The zero-order valence-electron chi connectivity index (χ0n) is 18.2. The second kappa shape index (κ2) is 9.61. The molecule has 0 unspecified atom stereocenters. The Morgan fingerprint density at radius 1 is 1.13 bits per heavy atom. The van der Waals surface area contributed by atoms with E-state index in [1.165, 1.54) is 23.2 Å². The number of aromatic nitrogens is 1. The fourth-order valence-electron chi connectivity index (χ4n) is 4.93. The Bertz CT molecular complexity index is 869. The number of nitrogens with zero attached hydrogens (tertiary/aromatic N) is 3. The lowest BCUT2D eigenvalue weighted by Crippen LogP contribution is -2.52. The summed E-state index contributed by atoms with van der Waals surface area (Å²) in [7, 11) is 1.96. The molecule has 30 heavy (non-hydrogen) atoms. The van der Waals surface area contributed by atoms with E-state index < -0.39 is 0 Å². The van der Waals surface area contributed by atoms with Crippen molar-refractivity contribution < 1.29 is 9.53 Å². The van der Waals surface area contributed by atoms with E-state index >= 15 is 0 Å². The predicted octanol–water partition coefficient (Wildman–Crippen LogP) is 3.84. The molecule has 4 rings (SSSR count). The summed E-state index contributed by atoms with van der Waals surface area (Å²) >= 11 is 0. The number of aryl methyl sites for hydroxylation is 2. The minimum atomic E-state index is 0.0781. The molecule has 0 bridgehead atoms. The molecular weight excluding hydrogens is 374 g/mol. The average Bonchev–Trinajstić information content (AvgIpc) is 2.76. The third-order valence-electron chi connectivity index (χ3n) is 6.75. The van der Waals surface area contributed by atoms with Crippen LogP contribution in [-0.4, -0.2) is 53.5 Å². The fraction of sp³-hybridized carbons (Fsp3) is 0.520. The van der Waals surface area contributed by atoms with Crippen LogP contribution < -0.4 is 4.74 Å². The van der Waals surface area contributed by atoms with E-state index in [9.17, 15) is 4.79 Å². The van der Waals surface area contributed by atoms with Crippen molar-refractivity contribution in [2.45, 2.75) is 51.6 Å². The van der Waals surface area contributed by atoms with Crippen LogP contribution in [0.4, 0.5) is 0 Å². The summed E-state index contributed by atoms with van der Waals surface area (Å²) in [6.45, 7) is 5.17. The van der Waals surface area contributed by atoms with Crippen molar-refractivity contribution in [1.82, 2.24) is 14.8 Å². The van der Waals surface area contributed by atoms with Crippen molar-refractivity contribution in [3.8, 4) is 5.75 Å². The summed E-state index contributed by atoms with van der Waals surface area (Å²) in [5.74, 6) is 1.43. The molecule has 160 valence electrons. The SMILES string of the molecule is Cc1cccnc1CN1CC[C@@H]2[C@@H](CCCCc3ccccc3OCC(=O)N2C)C1. The highest BCUT2D eigenvalue weighted by molar-refractivity contribution is 5.78. The number of para-hydroxylation sites is 1. The average molecular weight is 408 g/mol. The molecule has 5 heteroatoms. The molecule has 1 saturated heterocycles. The molecule has 2 aliphatic rings. The van der Waals surface area contributed by atoms with E-state index in [1.807, 2.05) is 36.3 Å². The highest BCUT2D eigenvalue weighted by Gasteiger charge is 2.34. The number of amides is 1. The number of pyridine rings is 1. The van der Waals surface area contributed by atoms with Crippen LogP contribution in [0, 0.1) is 12.8 Å². The van der Waals surface area contributed by atoms with Gasteiger partial charge < -0.3 is 9.64 Å². The van der Waals surface area contributed by atoms with Gasteiger partial charge in [0.2, 0.25) is 0 Å². The van der Waals surface area contributed by atoms with Gasteiger partial charge in [-0.15, -0.1) is 0 Å². The maximum Gasteiger partial charge on any atom is 0.260 e. The van der Waals surface area contributed by atoms with Crippen LogP contribution in [0.15, 0.2) is 42.6 Å². The van der Waals surface area contributed by atoms with Gasteiger partial charge in [0, 0.05) is 38.9 Å². The molecule has 1 fully saturated rings. The van der Waals surface area contributed by atoms with Crippen LogP contribution >= 0.6 is 0 Å². The maximum atomic E-state index is 12.9. The molecule has 3 heterocycles. The highest BCUT2D eigenvalue weighted by Crippen LogP contribution is 2.29. The van der Waals surface area contributed by atoms with Crippen molar-refractivity contribution in [1.29, 1.82) is 0 Å². The lowest BCUT2D eigenvalue weighted by atomic mass is 9.86. The first-order valence-electron chi connectivity index (χ1n) is 11.2. The largest absolute Gasteiger partial charge is 0.483 e. The van der Waals surface area contributed by atoms with Crippen LogP contribution in [0.25, 0.3) is 0 Å². The highest BCUT2D eigenvalue weighted by atomic mass is 16.5. The Hall–Kier alpha value is -2.40. The summed E-state index contributed by atoms with van der Waals surface area (Å²) in [5.41, 5.74) is 3.63. The number of hydrogen-bond acceptors (Lipinski definition) is 4. The third-order valence-corrected chi connectivity index (χ3v) is 6.75. The quantitative estimate of drug-likeness (QED) is 0.759. The number of rotatable bonds is 2. The van der Waals surface area contributed by atoms with Gasteiger partial charge >= 0.3 is 0 Å². The van der Waals surface area contributed by atoms with Gasteiger partial charge in [-0.05, 0) is 61.8 Å². The maximum absolute atomic E-state index is 12.9. The number of carbonyl (C=O) groups excluding carboxylic acids is 1. The molecule has 0 saturated carbocycles. The number of benzene rings is 1. The molecule has 0 N–H and O–H groups in total. The first-order valence-corrected chi connectivity index (χ1v) is 11.2. The standard InChI is InChI=1S/C25H33N3O2/c1-19-8-7-14-26-22(19)17-28-15-13-23-21(16-28)11-4-3-9-20-10-5-6-12-24(20)30-18-25(29)27(23)2/h5-8,10,12,14,21,23H,3-4,9,11,13,15-18H2,1-2H3/t21-,23+/m0/s1. The predicted molar refractivity (Wildman–Crippen MR) is 118 cm³/mol. The van der Waals surface area contributed by atoms with Gasteiger partial charge in [-0.25, -0.2) is 0 Å². The number of carbonyl (C=O) groups is 1. The van der Waals surface area contributed by atoms with Gasteiger partial charge in [0.05, 0.1) is 5.69 Å². The number of likely N-dealkylation sites (tertiary alicyclic amines) is 1. The van der Waals surface area contributed by atoms with Gasteiger partial charge in [0.25, 0.3) is 5.91 Å². The summed E-state index contributed by atoms with van der Waals surface area (Å²) in [6, 6.07) is 12.6. The molecule has 0 radical (unpaired) electrons. The Morgan fingerprint density at radius 2 is 2.00 bits per heavy atom. The number of fused-ring (bicyclic) bond motifs is 2. The smallest absolute Gasteiger partial charge is 0.260 e. The van der Waals surface area contributed by atoms with Crippen molar-refractivity contribution in [2.24, 2.45) is 5.92 Å². The molecular formula is C25H33N3O2. The Morgan fingerprint density at radius 3 is 2.87 bits per heavy atom. The second-order valence-electron chi connectivity index (χ2n) is 8.77. The summed E-state index contributed by atoms with van der Waals surface area (Å²) in [4.78, 5) is 22.0. The van der Waals surface area contributed by atoms with Crippen molar-refractivity contribution in [3.63, 3.8) is 0 Å². The summed E-state index contributed by atoms with van der Waals surface area (Å²) in [5, 5.41) is 0. The van der Waals surface area contributed by atoms with Gasteiger partial charge in [-0.3, -0.25) is 14.7 Å². The van der Waals surface area contributed by atoms with Gasteiger partial charge in [0.15, 0.2) is 6.61 Å². The molecule has 1 aromatic heterocycles. The Kier molecular flexibility index (Phi) is 6.68.